The number of aryl methyl sites for hydroxylation is 1. The Bertz CT molecular complexity index is 429. The van der Waals surface area contributed by atoms with Crippen molar-refractivity contribution in [1.82, 2.24) is 10.2 Å². The molecule has 2 heteroatoms. The molecule has 2 heterocycles. The van der Waals surface area contributed by atoms with Gasteiger partial charge in [0.05, 0.1) is 0 Å². The second kappa shape index (κ2) is 6.28. The number of hydrogen-bond donors (Lipinski definition) is 1. The average Bonchev–Trinajstić information content (AvgIpc) is 2.46. The number of nitrogens with zero attached hydrogens (tertiary/aromatic N) is 1. The van der Waals surface area contributed by atoms with Crippen molar-refractivity contribution in [3.05, 3.63) is 35.4 Å². The van der Waals surface area contributed by atoms with Gasteiger partial charge in [-0.2, -0.15) is 0 Å². The quantitative estimate of drug-likeness (QED) is 0.904. The lowest BCUT2D eigenvalue weighted by Gasteiger charge is -2.47. The number of hydrogen-bond acceptors (Lipinski definition) is 2. The van der Waals surface area contributed by atoms with E-state index in [-0.39, 0.29) is 0 Å². The van der Waals surface area contributed by atoms with Crippen LogP contribution in [0.2, 0.25) is 0 Å². The molecule has 1 aromatic carbocycles. The summed E-state index contributed by atoms with van der Waals surface area (Å²) in [5.41, 5.74) is 2.98. The maximum Gasteiger partial charge on any atom is 0.0210 e. The van der Waals surface area contributed by atoms with E-state index in [1.165, 1.54) is 43.2 Å². The van der Waals surface area contributed by atoms with Crippen LogP contribution < -0.4 is 5.32 Å². The minimum absolute atomic E-state index is 0.714. The minimum Gasteiger partial charge on any atom is -0.310 e. The van der Waals surface area contributed by atoms with E-state index in [4.69, 9.17) is 0 Å². The molecule has 2 aliphatic rings. The van der Waals surface area contributed by atoms with Gasteiger partial charge in [-0.15, -0.1) is 0 Å². The van der Waals surface area contributed by atoms with E-state index < -0.39 is 0 Å². The van der Waals surface area contributed by atoms with Crippen molar-refractivity contribution in [2.75, 3.05) is 7.05 Å². The Morgan fingerprint density at radius 2 is 1.75 bits per heavy atom. The summed E-state index contributed by atoms with van der Waals surface area (Å²) in [6.07, 6.45) is 8.04. The third-order valence-electron chi connectivity index (χ3n) is 5.42. The van der Waals surface area contributed by atoms with E-state index in [9.17, 15) is 0 Å². The van der Waals surface area contributed by atoms with E-state index in [0.717, 1.165) is 25.0 Å². The van der Waals surface area contributed by atoms with Crippen LogP contribution >= 0.6 is 0 Å². The standard InChI is InChI=1S/C18H28N2/c1-3-14-7-4-5-8-15(14)13-19-16-11-17-9-6-10-18(12-16)20(17)2/h4-5,7-8,16-19H,3,6,9-13H2,1-2H3. The molecule has 2 saturated heterocycles. The van der Waals surface area contributed by atoms with Crippen molar-refractivity contribution in [2.24, 2.45) is 0 Å². The molecule has 1 N–H and O–H groups in total. The number of fused-ring (bicyclic) bond motifs is 2. The number of nitrogens with one attached hydrogen (secondary N) is 1. The van der Waals surface area contributed by atoms with Crippen molar-refractivity contribution in [1.29, 1.82) is 0 Å². The van der Waals surface area contributed by atoms with Gasteiger partial charge < -0.3 is 10.2 Å². The average molecular weight is 272 g/mol. The zero-order valence-electron chi connectivity index (χ0n) is 12.9. The fraction of sp³-hybridized carbons (Fsp3) is 0.667. The van der Waals surface area contributed by atoms with Gasteiger partial charge in [0.25, 0.3) is 0 Å². The summed E-state index contributed by atoms with van der Waals surface area (Å²) in [7, 11) is 2.33. The highest BCUT2D eigenvalue weighted by Gasteiger charge is 2.35. The summed E-state index contributed by atoms with van der Waals surface area (Å²) in [6.45, 7) is 3.29. The minimum atomic E-state index is 0.714. The van der Waals surface area contributed by atoms with E-state index in [1.54, 1.807) is 0 Å². The summed E-state index contributed by atoms with van der Waals surface area (Å²) >= 11 is 0. The van der Waals surface area contributed by atoms with Crippen LogP contribution in [-0.4, -0.2) is 30.1 Å². The second-order valence-electron chi connectivity index (χ2n) is 6.58. The molecule has 110 valence electrons. The second-order valence-corrected chi connectivity index (χ2v) is 6.58. The first-order valence-electron chi connectivity index (χ1n) is 8.30. The zero-order valence-corrected chi connectivity index (χ0v) is 12.9. The zero-order chi connectivity index (χ0) is 13.9. The molecule has 0 amide bonds. The molecule has 2 unspecified atom stereocenters. The fourth-order valence-corrected chi connectivity index (χ4v) is 4.11. The molecule has 2 fully saturated rings. The molecule has 0 spiro atoms. The van der Waals surface area contributed by atoms with Gasteiger partial charge in [-0.3, -0.25) is 0 Å². The predicted molar refractivity (Wildman–Crippen MR) is 84.9 cm³/mol. The highest BCUT2D eigenvalue weighted by Crippen LogP contribution is 2.32. The summed E-state index contributed by atoms with van der Waals surface area (Å²) in [6, 6.07) is 11.2. The topological polar surface area (TPSA) is 15.3 Å². The SMILES string of the molecule is CCc1ccccc1CNC1CC2CCCC(C1)N2C. The van der Waals surface area contributed by atoms with Gasteiger partial charge >= 0.3 is 0 Å². The Labute approximate surface area is 123 Å². The fourth-order valence-electron chi connectivity index (χ4n) is 4.11. The molecule has 0 saturated carbocycles. The van der Waals surface area contributed by atoms with Crippen LogP contribution in [0.25, 0.3) is 0 Å². The first-order valence-corrected chi connectivity index (χ1v) is 8.30. The smallest absolute Gasteiger partial charge is 0.0210 e. The van der Waals surface area contributed by atoms with Gasteiger partial charge in [0.15, 0.2) is 0 Å². The molecule has 2 aliphatic heterocycles. The van der Waals surface area contributed by atoms with Gasteiger partial charge in [0, 0.05) is 24.7 Å². The molecule has 1 aromatic rings. The van der Waals surface area contributed by atoms with Gasteiger partial charge in [-0.05, 0) is 50.3 Å². The van der Waals surface area contributed by atoms with Gasteiger partial charge in [0.1, 0.15) is 0 Å². The summed E-state index contributed by atoms with van der Waals surface area (Å²) in [5, 5.41) is 3.84. The normalized spacial score (nSPS) is 30.4. The molecule has 2 nitrogen and oxygen atoms in total. The lowest BCUT2D eigenvalue weighted by Crippen LogP contribution is -2.54. The Morgan fingerprint density at radius 1 is 1.10 bits per heavy atom. The first kappa shape index (κ1) is 14.1. The van der Waals surface area contributed by atoms with Crippen LogP contribution in [0.3, 0.4) is 0 Å². The molecule has 0 aromatic heterocycles. The molecule has 2 bridgehead atoms. The molecule has 0 radical (unpaired) electrons. The number of rotatable bonds is 4. The van der Waals surface area contributed by atoms with Gasteiger partial charge in [-0.25, -0.2) is 0 Å². The van der Waals surface area contributed by atoms with Crippen LogP contribution in [0.5, 0.6) is 0 Å². The molecular formula is C18H28N2. The summed E-state index contributed by atoms with van der Waals surface area (Å²) in [5.74, 6) is 0. The Morgan fingerprint density at radius 3 is 2.40 bits per heavy atom. The van der Waals surface area contributed by atoms with E-state index in [2.05, 4.69) is 48.5 Å². The monoisotopic (exact) mass is 272 g/mol. The number of benzene rings is 1. The Kier molecular flexibility index (Phi) is 4.42. The van der Waals surface area contributed by atoms with E-state index in [0.29, 0.717) is 6.04 Å². The third kappa shape index (κ3) is 2.91. The third-order valence-corrected chi connectivity index (χ3v) is 5.42. The maximum atomic E-state index is 3.84. The molecule has 3 rings (SSSR count). The lowest BCUT2D eigenvalue weighted by atomic mass is 9.82. The maximum absolute atomic E-state index is 3.84. The molecule has 2 atom stereocenters. The molecule has 20 heavy (non-hydrogen) atoms. The van der Waals surface area contributed by atoms with Crippen molar-refractivity contribution < 1.29 is 0 Å². The Hall–Kier alpha value is -0.860. The largest absolute Gasteiger partial charge is 0.310 e. The van der Waals surface area contributed by atoms with Crippen LogP contribution in [-0.2, 0) is 13.0 Å². The van der Waals surface area contributed by atoms with Crippen LogP contribution in [0.1, 0.15) is 50.2 Å². The van der Waals surface area contributed by atoms with Crippen LogP contribution in [0, 0.1) is 0 Å². The highest BCUT2D eigenvalue weighted by atomic mass is 15.2. The van der Waals surface area contributed by atoms with Gasteiger partial charge in [0.2, 0.25) is 0 Å². The van der Waals surface area contributed by atoms with E-state index >= 15 is 0 Å². The van der Waals surface area contributed by atoms with Crippen molar-refractivity contribution in [3.8, 4) is 0 Å². The predicted octanol–water partition coefficient (Wildman–Crippen LogP) is 3.35. The van der Waals surface area contributed by atoms with Crippen LogP contribution in [0.4, 0.5) is 0 Å². The van der Waals surface area contributed by atoms with Crippen molar-refractivity contribution in [3.63, 3.8) is 0 Å². The Balaban J connectivity index is 1.59. The number of piperidine rings is 2. The molecular weight excluding hydrogens is 244 g/mol. The summed E-state index contributed by atoms with van der Waals surface area (Å²) in [4.78, 5) is 2.64. The highest BCUT2D eigenvalue weighted by molar-refractivity contribution is 5.26. The van der Waals surface area contributed by atoms with Gasteiger partial charge in [-0.1, -0.05) is 37.6 Å². The summed E-state index contributed by atoms with van der Waals surface area (Å²) < 4.78 is 0. The van der Waals surface area contributed by atoms with Crippen molar-refractivity contribution in [2.45, 2.75) is 70.1 Å². The van der Waals surface area contributed by atoms with E-state index in [1.807, 2.05) is 0 Å². The van der Waals surface area contributed by atoms with Crippen molar-refractivity contribution >= 4 is 0 Å². The first-order chi connectivity index (χ1) is 9.78. The molecule has 0 aliphatic carbocycles. The van der Waals surface area contributed by atoms with Crippen LogP contribution in [0.15, 0.2) is 24.3 Å². The lowest BCUT2D eigenvalue weighted by molar-refractivity contribution is 0.0482.